The van der Waals surface area contributed by atoms with E-state index >= 15 is 0 Å². The van der Waals surface area contributed by atoms with Gasteiger partial charge < -0.3 is 15.4 Å². The molecule has 1 aliphatic rings. The molecule has 0 bridgehead atoms. The Morgan fingerprint density at radius 3 is 3.12 bits per heavy atom. The number of amides is 2. The summed E-state index contributed by atoms with van der Waals surface area (Å²) < 4.78 is 7.10. The Labute approximate surface area is 142 Å². The quantitative estimate of drug-likeness (QED) is 0.855. The van der Waals surface area contributed by atoms with E-state index in [1.807, 2.05) is 18.3 Å². The first-order valence-corrected chi connectivity index (χ1v) is 8.42. The first-order chi connectivity index (χ1) is 11.8. The topological polar surface area (TPSA) is 68.2 Å². The summed E-state index contributed by atoms with van der Waals surface area (Å²) in [5.74, 6) is 1.27. The highest BCUT2D eigenvalue weighted by Crippen LogP contribution is 2.33. The zero-order chi connectivity index (χ0) is 16.8. The van der Waals surface area contributed by atoms with Gasteiger partial charge in [-0.15, -0.1) is 0 Å². The van der Waals surface area contributed by atoms with Gasteiger partial charge in [0.2, 0.25) is 0 Å². The maximum atomic E-state index is 12.0. The van der Waals surface area contributed by atoms with Crippen molar-refractivity contribution in [1.82, 2.24) is 20.4 Å². The largest absolute Gasteiger partial charge is 0.497 e. The van der Waals surface area contributed by atoms with Crippen molar-refractivity contribution in [3.05, 3.63) is 47.8 Å². The van der Waals surface area contributed by atoms with Crippen molar-refractivity contribution in [2.24, 2.45) is 0 Å². The maximum absolute atomic E-state index is 12.0. The van der Waals surface area contributed by atoms with Crippen molar-refractivity contribution in [2.75, 3.05) is 20.2 Å². The molecule has 0 radical (unpaired) electrons. The lowest BCUT2D eigenvalue weighted by molar-refractivity contribution is 0.239. The lowest BCUT2D eigenvalue weighted by Crippen LogP contribution is -2.39. The van der Waals surface area contributed by atoms with Crippen LogP contribution in [0.25, 0.3) is 0 Å². The third-order valence-electron chi connectivity index (χ3n) is 4.48. The normalized spacial score (nSPS) is 16.3. The van der Waals surface area contributed by atoms with Gasteiger partial charge in [-0.2, -0.15) is 5.10 Å². The van der Waals surface area contributed by atoms with E-state index in [-0.39, 0.29) is 6.03 Å². The monoisotopic (exact) mass is 328 g/mol. The third kappa shape index (κ3) is 4.07. The summed E-state index contributed by atoms with van der Waals surface area (Å²) >= 11 is 0. The predicted molar refractivity (Wildman–Crippen MR) is 92.3 cm³/mol. The van der Waals surface area contributed by atoms with E-state index in [1.54, 1.807) is 18.0 Å². The van der Waals surface area contributed by atoms with E-state index in [0.717, 1.165) is 25.0 Å². The molecule has 6 heteroatoms. The maximum Gasteiger partial charge on any atom is 0.314 e. The van der Waals surface area contributed by atoms with Crippen LogP contribution in [0.1, 0.15) is 29.9 Å². The van der Waals surface area contributed by atoms with Crippen molar-refractivity contribution >= 4 is 6.03 Å². The summed E-state index contributed by atoms with van der Waals surface area (Å²) in [6.07, 6.45) is 6.95. The average Bonchev–Trinajstić information content (AvgIpc) is 3.12. The van der Waals surface area contributed by atoms with Crippen LogP contribution in [0.5, 0.6) is 5.75 Å². The molecular formula is C18H24N4O2. The minimum atomic E-state index is -0.122. The molecule has 2 aromatic rings. The number of urea groups is 1. The molecule has 1 heterocycles. The number of rotatable bonds is 6. The van der Waals surface area contributed by atoms with Crippen molar-refractivity contribution in [3.8, 4) is 5.75 Å². The standard InChI is InChI=1S/C18H24N4O2/c1-24-16-6-7-17-14(12-16)4-2-5-15(17)13-20-18(23)19-9-11-22-10-3-8-21-22/h3,6-8,10,12,15H,2,4-5,9,11,13H2,1H3,(H2,19,20,23)/t15-/m0/s1. The van der Waals surface area contributed by atoms with Crippen molar-refractivity contribution < 1.29 is 9.53 Å². The van der Waals surface area contributed by atoms with Gasteiger partial charge >= 0.3 is 6.03 Å². The smallest absolute Gasteiger partial charge is 0.314 e. The molecule has 3 rings (SSSR count). The van der Waals surface area contributed by atoms with Crippen LogP contribution in [0, 0.1) is 0 Å². The highest BCUT2D eigenvalue weighted by Gasteiger charge is 2.21. The number of hydrogen-bond donors (Lipinski definition) is 2. The second kappa shape index (κ2) is 7.86. The summed E-state index contributed by atoms with van der Waals surface area (Å²) in [5, 5.41) is 9.97. The summed E-state index contributed by atoms with van der Waals surface area (Å²) in [5.41, 5.74) is 2.67. The number of hydrogen-bond acceptors (Lipinski definition) is 3. The van der Waals surface area contributed by atoms with Gasteiger partial charge in [-0.05, 0) is 48.6 Å². The fourth-order valence-corrected chi connectivity index (χ4v) is 3.23. The molecule has 0 fully saturated rings. The lowest BCUT2D eigenvalue weighted by atomic mass is 9.82. The van der Waals surface area contributed by atoms with Crippen LogP contribution in [-0.2, 0) is 13.0 Å². The molecule has 0 spiro atoms. The van der Waals surface area contributed by atoms with E-state index in [1.165, 1.54) is 11.1 Å². The summed E-state index contributed by atoms with van der Waals surface area (Å²) in [7, 11) is 1.69. The Balaban J connectivity index is 1.47. The molecule has 1 atom stereocenters. The Morgan fingerprint density at radius 2 is 2.33 bits per heavy atom. The van der Waals surface area contributed by atoms with Crippen LogP contribution >= 0.6 is 0 Å². The first kappa shape index (κ1) is 16.4. The van der Waals surface area contributed by atoms with Gasteiger partial charge in [-0.3, -0.25) is 4.68 Å². The molecule has 24 heavy (non-hydrogen) atoms. The summed E-state index contributed by atoms with van der Waals surface area (Å²) in [4.78, 5) is 12.0. The number of ether oxygens (including phenoxy) is 1. The Bertz CT molecular complexity index is 670. The van der Waals surface area contributed by atoms with Gasteiger partial charge in [0.1, 0.15) is 5.75 Å². The number of aromatic nitrogens is 2. The van der Waals surface area contributed by atoms with Gasteiger partial charge in [0.15, 0.2) is 0 Å². The van der Waals surface area contributed by atoms with Gasteiger partial charge in [-0.1, -0.05) is 6.07 Å². The second-order valence-corrected chi connectivity index (χ2v) is 6.06. The molecule has 0 saturated carbocycles. The van der Waals surface area contributed by atoms with Gasteiger partial charge in [0, 0.05) is 31.4 Å². The Kier molecular flexibility index (Phi) is 5.36. The molecule has 0 aliphatic heterocycles. The molecule has 2 N–H and O–H groups in total. The molecule has 0 saturated heterocycles. The Morgan fingerprint density at radius 1 is 1.42 bits per heavy atom. The van der Waals surface area contributed by atoms with Crippen LogP contribution in [0.3, 0.4) is 0 Å². The van der Waals surface area contributed by atoms with Gasteiger partial charge in [0.05, 0.1) is 13.7 Å². The fourth-order valence-electron chi connectivity index (χ4n) is 3.23. The second-order valence-electron chi connectivity index (χ2n) is 6.06. The highest BCUT2D eigenvalue weighted by atomic mass is 16.5. The lowest BCUT2D eigenvalue weighted by Gasteiger charge is -2.26. The van der Waals surface area contributed by atoms with Crippen LogP contribution in [0.15, 0.2) is 36.7 Å². The zero-order valence-electron chi connectivity index (χ0n) is 14.0. The molecule has 0 unspecified atom stereocenters. The summed E-state index contributed by atoms with van der Waals surface area (Å²) in [6, 6.07) is 8.00. The minimum Gasteiger partial charge on any atom is -0.497 e. The first-order valence-electron chi connectivity index (χ1n) is 8.42. The number of aryl methyl sites for hydroxylation is 1. The van der Waals surface area contributed by atoms with E-state index < -0.39 is 0 Å². The summed E-state index contributed by atoms with van der Waals surface area (Å²) in [6.45, 7) is 1.89. The fraction of sp³-hybridized carbons (Fsp3) is 0.444. The van der Waals surface area contributed by atoms with Gasteiger partial charge in [-0.25, -0.2) is 4.79 Å². The molecule has 128 valence electrons. The number of benzene rings is 1. The molecule has 2 amide bonds. The average molecular weight is 328 g/mol. The molecule has 6 nitrogen and oxygen atoms in total. The third-order valence-corrected chi connectivity index (χ3v) is 4.48. The zero-order valence-corrected chi connectivity index (χ0v) is 14.0. The van der Waals surface area contributed by atoms with Crippen molar-refractivity contribution in [1.29, 1.82) is 0 Å². The number of fused-ring (bicyclic) bond motifs is 1. The van der Waals surface area contributed by atoms with E-state index in [9.17, 15) is 4.79 Å². The minimum absolute atomic E-state index is 0.122. The van der Waals surface area contributed by atoms with Crippen LogP contribution in [0.2, 0.25) is 0 Å². The number of methoxy groups -OCH3 is 1. The molecular weight excluding hydrogens is 304 g/mol. The number of nitrogens with one attached hydrogen (secondary N) is 2. The SMILES string of the molecule is COc1ccc2c(c1)CCC[C@H]2CNC(=O)NCCn1cccn1. The predicted octanol–water partition coefficient (Wildman–Crippen LogP) is 2.31. The van der Waals surface area contributed by atoms with Crippen molar-refractivity contribution in [2.45, 2.75) is 31.7 Å². The van der Waals surface area contributed by atoms with E-state index in [4.69, 9.17) is 4.74 Å². The molecule has 1 aliphatic carbocycles. The highest BCUT2D eigenvalue weighted by molar-refractivity contribution is 5.73. The van der Waals surface area contributed by atoms with E-state index in [0.29, 0.717) is 25.6 Å². The number of nitrogens with zero attached hydrogens (tertiary/aromatic N) is 2. The van der Waals surface area contributed by atoms with Crippen LogP contribution < -0.4 is 15.4 Å². The van der Waals surface area contributed by atoms with Crippen molar-refractivity contribution in [3.63, 3.8) is 0 Å². The van der Waals surface area contributed by atoms with Gasteiger partial charge in [0.25, 0.3) is 0 Å². The van der Waals surface area contributed by atoms with Crippen LogP contribution in [0.4, 0.5) is 4.79 Å². The number of carbonyl (C=O) groups is 1. The Hall–Kier alpha value is -2.50. The molecule has 1 aromatic carbocycles. The molecule has 1 aromatic heterocycles. The van der Waals surface area contributed by atoms with E-state index in [2.05, 4.69) is 27.9 Å². The van der Waals surface area contributed by atoms with Crippen LogP contribution in [-0.4, -0.2) is 36.0 Å². The number of carbonyl (C=O) groups excluding carboxylic acids is 1.